The number of aromatic nitrogens is 4. The first-order valence-electron chi connectivity index (χ1n) is 7.96. The molecule has 0 atom stereocenters. The monoisotopic (exact) mass is 337 g/mol. The fourth-order valence-electron chi connectivity index (χ4n) is 2.40. The highest BCUT2D eigenvalue weighted by atomic mass is 16.5. The van der Waals surface area contributed by atoms with Crippen LogP contribution in [-0.2, 0) is 0 Å². The summed E-state index contributed by atoms with van der Waals surface area (Å²) >= 11 is 0. The molecule has 0 aliphatic rings. The molecule has 0 saturated heterocycles. The van der Waals surface area contributed by atoms with Gasteiger partial charge in [-0.2, -0.15) is 5.10 Å². The molecule has 0 fully saturated rings. The summed E-state index contributed by atoms with van der Waals surface area (Å²) in [5, 5.41) is 7.11. The molecule has 0 saturated carbocycles. The number of carbonyl (C=O) groups is 1. The van der Waals surface area contributed by atoms with E-state index in [1.54, 1.807) is 41.3 Å². The number of aryl methyl sites for hydroxylation is 2. The molecule has 1 aromatic carbocycles. The van der Waals surface area contributed by atoms with E-state index in [2.05, 4.69) is 20.4 Å². The van der Waals surface area contributed by atoms with E-state index in [9.17, 15) is 4.79 Å². The standard InChI is InChI=1S/C18H19N5O2/c1-4-25-16-7-5-14(6-8-16)17(24)21-15-10-19-18(20-11-15)23-13(3)9-12(2)22-23/h5-11H,4H2,1-3H3,(H,21,24). The van der Waals surface area contributed by atoms with Crippen LogP contribution in [0.1, 0.15) is 28.7 Å². The Labute approximate surface area is 145 Å². The van der Waals surface area contributed by atoms with E-state index in [1.807, 2.05) is 26.8 Å². The van der Waals surface area contributed by atoms with Gasteiger partial charge in [-0.05, 0) is 51.1 Å². The van der Waals surface area contributed by atoms with Crippen LogP contribution in [-0.4, -0.2) is 32.3 Å². The minimum absolute atomic E-state index is 0.231. The van der Waals surface area contributed by atoms with Crippen LogP contribution in [0.15, 0.2) is 42.7 Å². The number of carbonyl (C=O) groups excluding carboxylic acids is 1. The van der Waals surface area contributed by atoms with Crippen LogP contribution in [0.2, 0.25) is 0 Å². The zero-order valence-corrected chi connectivity index (χ0v) is 14.4. The smallest absolute Gasteiger partial charge is 0.255 e. The van der Waals surface area contributed by atoms with Crippen LogP contribution < -0.4 is 10.1 Å². The summed E-state index contributed by atoms with van der Waals surface area (Å²) in [5.74, 6) is 0.965. The normalized spacial score (nSPS) is 10.5. The van der Waals surface area contributed by atoms with Gasteiger partial charge in [0.2, 0.25) is 0 Å². The molecule has 7 heteroatoms. The van der Waals surface area contributed by atoms with Gasteiger partial charge in [0.15, 0.2) is 0 Å². The lowest BCUT2D eigenvalue weighted by molar-refractivity contribution is 0.102. The Balaban J connectivity index is 1.70. The van der Waals surface area contributed by atoms with Crippen molar-refractivity contribution in [2.75, 3.05) is 11.9 Å². The van der Waals surface area contributed by atoms with Gasteiger partial charge in [0.05, 0.1) is 30.4 Å². The number of amides is 1. The molecule has 7 nitrogen and oxygen atoms in total. The third-order valence-corrected chi connectivity index (χ3v) is 3.52. The highest BCUT2D eigenvalue weighted by Gasteiger charge is 2.09. The van der Waals surface area contributed by atoms with Gasteiger partial charge in [0.1, 0.15) is 5.75 Å². The van der Waals surface area contributed by atoms with Crippen molar-refractivity contribution >= 4 is 11.6 Å². The molecule has 0 aliphatic heterocycles. The number of anilines is 1. The van der Waals surface area contributed by atoms with Gasteiger partial charge in [-0.3, -0.25) is 4.79 Å². The second-order valence-corrected chi connectivity index (χ2v) is 5.52. The SMILES string of the molecule is CCOc1ccc(C(=O)Nc2cnc(-n3nc(C)cc3C)nc2)cc1. The summed E-state index contributed by atoms with van der Waals surface area (Å²) < 4.78 is 7.03. The number of rotatable bonds is 5. The second kappa shape index (κ2) is 7.12. The highest BCUT2D eigenvalue weighted by Crippen LogP contribution is 2.14. The van der Waals surface area contributed by atoms with Gasteiger partial charge in [-0.15, -0.1) is 0 Å². The molecule has 128 valence electrons. The Morgan fingerprint density at radius 3 is 2.40 bits per heavy atom. The van der Waals surface area contributed by atoms with Crippen LogP contribution in [0.3, 0.4) is 0 Å². The Morgan fingerprint density at radius 2 is 1.84 bits per heavy atom. The fourth-order valence-corrected chi connectivity index (χ4v) is 2.40. The van der Waals surface area contributed by atoms with E-state index >= 15 is 0 Å². The molecule has 2 aromatic heterocycles. The first-order chi connectivity index (χ1) is 12.1. The van der Waals surface area contributed by atoms with Gasteiger partial charge in [-0.25, -0.2) is 14.6 Å². The molecule has 0 spiro atoms. The molecule has 2 heterocycles. The van der Waals surface area contributed by atoms with Crippen molar-refractivity contribution < 1.29 is 9.53 Å². The van der Waals surface area contributed by atoms with Gasteiger partial charge in [-0.1, -0.05) is 0 Å². The molecule has 3 rings (SSSR count). The Bertz CT molecular complexity index is 869. The van der Waals surface area contributed by atoms with Crippen LogP contribution in [0.4, 0.5) is 5.69 Å². The molecule has 0 unspecified atom stereocenters. The summed E-state index contributed by atoms with van der Waals surface area (Å²) in [5.41, 5.74) is 2.90. The van der Waals surface area contributed by atoms with Gasteiger partial charge in [0.25, 0.3) is 11.9 Å². The van der Waals surface area contributed by atoms with Crippen LogP contribution in [0.5, 0.6) is 5.75 Å². The van der Waals surface area contributed by atoms with Crippen molar-refractivity contribution in [3.05, 3.63) is 59.7 Å². The summed E-state index contributed by atoms with van der Waals surface area (Å²) in [6.45, 7) is 6.35. The molecule has 0 bridgehead atoms. The molecule has 1 amide bonds. The van der Waals surface area contributed by atoms with Crippen LogP contribution in [0, 0.1) is 13.8 Å². The fraction of sp³-hybridized carbons (Fsp3) is 0.222. The molecule has 25 heavy (non-hydrogen) atoms. The topological polar surface area (TPSA) is 81.9 Å². The van der Waals surface area contributed by atoms with E-state index in [4.69, 9.17) is 4.74 Å². The van der Waals surface area contributed by atoms with Gasteiger partial charge in [0, 0.05) is 11.3 Å². The minimum atomic E-state index is -0.231. The number of hydrogen-bond donors (Lipinski definition) is 1. The van der Waals surface area contributed by atoms with E-state index < -0.39 is 0 Å². The van der Waals surface area contributed by atoms with Crippen molar-refractivity contribution in [3.8, 4) is 11.7 Å². The summed E-state index contributed by atoms with van der Waals surface area (Å²) in [6.07, 6.45) is 3.12. The van der Waals surface area contributed by atoms with Crippen molar-refractivity contribution in [3.63, 3.8) is 0 Å². The molecular formula is C18H19N5O2. The largest absolute Gasteiger partial charge is 0.494 e. The van der Waals surface area contributed by atoms with Crippen molar-refractivity contribution in [1.29, 1.82) is 0 Å². The molecular weight excluding hydrogens is 318 g/mol. The molecule has 0 radical (unpaired) electrons. The summed E-state index contributed by atoms with van der Waals surface area (Å²) in [4.78, 5) is 20.8. The minimum Gasteiger partial charge on any atom is -0.494 e. The van der Waals surface area contributed by atoms with Crippen molar-refractivity contribution in [2.24, 2.45) is 0 Å². The maximum Gasteiger partial charge on any atom is 0.255 e. The zero-order chi connectivity index (χ0) is 17.8. The second-order valence-electron chi connectivity index (χ2n) is 5.52. The summed E-state index contributed by atoms with van der Waals surface area (Å²) in [6, 6.07) is 8.91. The lowest BCUT2D eigenvalue weighted by atomic mass is 10.2. The first-order valence-corrected chi connectivity index (χ1v) is 7.96. The molecule has 0 aliphatic carbocycles. The first kappa shape index (κ1) is 16.6. The Hall–Kier alpha value is -3.22. The highest BCUT2D eigenvalue weighted by molar-refractivity contribution is 6.04. The maximum absolute atomic E-state index is 12.3. The van der Waals surface area contributed by atoms with Crippen LogP contribution >= 0.6 is 0 Å². The van der Waals surface area contributed by atoms with E-state index in [0.717, 1.165) is 17.1 Å². The Kier molecular flexibility index (Phi) is 4.74. The van der Waals surface area contributed by atoms with Crippen molar-refractivity contribution in [2.45, 2.75) is 20.8 Å². The van der Waals surface area contributed by atoms with E-state index in [0.29, 0.717) is 23.8 Å². The van der Waals surface area contributed by atoms with E-state index in [-0.39, 0.29) is 5.91 Å². The number of ether oxygens (including phenoxy) is 1. The number of nitrogens with zero attached hydrogens (tertiary/aromatic N) is 4. The predicted molar refractivity (Wildman–Crippen MR) is 94.2 cm³/mol. The van der Waals surface area contributed by atoms with Gasteiger partial charge >= 0.3 is 0 Å². The quantitative estimate of drug-likeness (QED) is 0.774. The average molecular weight is 337 g/mol. The zero-order valence-electron chi connectivity index (χ0n) is 14.4. The molecule has 1 N–H and O–H groups in total. The Morgan fingerprint density at radius 1 is 1.16 bits per heavy atom. The lowest BCUT2D eigenvalue weighted by Crippen LogP contribution is -2.13. The number of hydrogen-bond acceptors (Lipinski definition) is 5. The van der Waals surface area contributed by atoms with Crippen molar-refractivity contribution in [1.82, 2.24) is 19.7 Å². The third-order valence-electron chi connectivity index (χ3n) is 3.52. The third kappa shape index (κ3) is 3.82. The molecule has 3 aromatic rings. The average Bonchev–Trinajstić information content (AvgIpc) is 2.95. The van der Waals surface area contributed by atoms with E-state index in [1.165, 1.54) is 0 Å². The maximum atomic E-state index is 12.3. The van der Waals surface area contributed by atoms with Crippen LogP contribution in [0.25, 0.3) is 5.95 Å². The predicted octanol–water partition coefficient (Wildman–Crippen LogP) is 2.93. The van der Waals surface area contributed by atoms with Gasteiger partial charge < -0.3 is 10.1 Å². The number of nitrogens with one attached hydrogen (secondary N) is 1. The summed E-state index contributed by atoms with van der Waals surface area (Å²) in [7, 11) is 0. The number of benzene rings is 1. The lowest BCUT2D eigenvalue weighted by Gasteiger charge is -2.07.